The predicted octanol–water partition coefficient (Wildman–Crippen LogP) is -0.381. The molecule has 0 bridgehead atoms. The minimum Gasteiger partial charge on any atom is -0.426 e. The maximum Gasteiger partial charge on any atom is 0.316 e. The Hall–Kier alpha value is -1.42. The second kappa shape index (κ2) is 4.46. The Morgan fingerprint density at radius 2 is 2.17 bits per heavy atom. The number of pyridine rings is 1. The molecular formula is C8H11N2O2+. The molecule has 0 unspecified atom stereocenters. The van der Waals surface area contributed by atoms with Gasteiger partial charge in [0, 0.05) is 12.4 Å². The van der Waals surface area contributed by atoms with Crippen molar-refractivity contribution in [3.8, 4) is 5.75 Å². The number of esters is 1. The molecule has 3 N–H and O–H groups in total. The highest BCUT2D eigenvalue weighted by atomic mass is 16.5. The zero-order chi connectivity index (χ0) is 8.81. The molecule has 12 heavy (non-hydrogen) atoms. The zero-order valence-electron chi connectivity index (χ0n) is 6.69. The number of rotatable bonds is 3. The number of aromatic nitrogens is 1. The van der Waals surface area contributed by atoms with Crippen molar-refractivity contribution < 1.29 is 15.3 Å². The fourth-order valence-corrected chi connectivity index (χ4v) is 0.733. The summed E-state index contributed by atoms with van der Waals surface area (Å²) in [6.07, 6.45) is 3.50. The number of quaternary nitrogens is 1. The molecule has 0 aliphatic heterocycles. The SMILES string of the molecule is [NH3+]CCC(=O)Oc1ccncc1. The zero-order valence-corrected chi connectivity index (χ0v) is 6.69. The molecule has 0 fully saturated rings. The normalized spacial score (nSPS) is 9.42. The van der Waals surface area contributed by atoms with Crippen LogP contribution in [0.2, 0.25) is 0 Å². The summed E-state index contributed by atoms with van der Waals surface area (Å²) < 4.78 is 4.94. The lowest BCUT2D eigenvalue weighted by Gasteiger charge is -2.00. The molecule has 0 aromatic carbocycles. The molecule has 0 saturated carbocycles. The number of ether oxygens (including phenoxy) is 1. The van der Waals surface area contributed by atoms with Gasteiger partial charge in [-0.25, -0.2) is 0 Å². The fraction of sp³-hybridized carbons (Fsp3) is 0.250. The van der Waals surface area contributed by atoms with E-state index in [0.29, 0.717) is 18.7 Å². The van der Waals surface area contributed by atoms with Crippen molar-refractivity contribution in [2.24, 2.45) is 0 Å². The quantitative estimate of drug-likeness (QED) is 0.624. The van der Waals surface area contributed by atoms with Gasteiger partial charge in [0.15, 0.2) is 0 Å². The summed E-state index contributed by atoms with van der Waals surface area (Å²) in [6.45, 7) is 0.559. The Morgan fingerprint density at radius 1 is 1.50 bits per heavy atom. The second-order valence-corrected chi connectivity index (χ2v) is 2.26. The molecular weight excluding hydrogens is 156 g/mol. The first-order valence-electron chi connectivity index (χ1n) is 3.73. The maximum atomic E-state index is 10.9. The summed E-state index contributed by atoms with van der Waals surface area (Å²) in [4.78, 5) is 14.7. The van der Waals surface area contributed by atoms with Crippen LogP contribution in [0.3, 0.4) is 0 Å². The van der Waals surface area contributed by atoms with Crippen LogP contribution in [0.25, 0.3) is 0 Å². The first-order chi connectivity index (χ1) is 5.83. The number of carbonyl (C=O) groups is 1. The molecule has 0 radical (unpaired) electrons. The standard InChI is InChI=1S/C8H10N2O2/c9-4-1-8(11)12-7-2-5-10-6-3-7/h2-3,5-6H,1,4,9H2/p+1. The van der Waals surface area contributed by atoms with Gasteiger partial charge in [-0.15, -0.1) is 0 Å². The lowest BCUT2D eigenvalue weighted by molar-refractivity contribution is -0.366. The van der Waals surface area contributed by atoms with Gasteiger partial charge >= 0.3 is 5.97 Å². The summed E-state index contributed by atoms with van der Waals surface area (Å²) in [5.41, 5.74) is 3.55. The fourth-order valence-electron chi connectivity index (χ4n) is 0.733. The van der Waals surface area contributed by atoms with E-state index in [1.54, 1.807) is 24.5 Å². The van der Waals surface area contributed by atoms with Gasteiger partial charge in [-0.05, 0) is 12.1 Å². The molecule has 1 heterocycles. The van der Waals surface area contributed by atoms with E-state index in [2.05, 4.69) is 10.7 Å². The summed E-state index contributed by atoms with van der Waals surface area (Å²) in [6, 6.07) is 3.28. The molecule has 4 heteroatoms. The molecule has 64 valence electrons. The van der Waals surface area contributed by atoms with Gasteiger partial charge in [0.05, 0.1) is 13.0 Å². The Kier molecular flexibility index (Phi) is 3.22. The monoisotopic (exact) mass is 167 g/mol. The van der Waals surface area contributed by atoms with E-state index >= 15 is 0 Å². The Bertz CT molecular complexity index is 248. The molecule has 4 nitrogen and oxygen atoms in total. The van der Waals surface area contributed by atoms with E-state index < -0.39 is 0 Å². The molecule has 0 saturated heterocycles. The number of carbonyl (C=O) groups excluding carboxylic acids is 1. The van der Waals surface area contributed by atoms with Crippen molar-refractivity contribution in [3.63, 3.8) is 0 Å². The van der Waals surface area contributed by atoms with Gasteiger partial charge < -0.3 is 10.5 Å². The van der Waals surface area contributed by atoms with E-state index in [9.17, 15) is 4.79 Å². The van der Waals surface area contributed by atoms with Gasteiger partial charge in [-0.3, -0.25) is 9.78 Å². The molecule has 0 atom stereocenters. The van der Waals surface area contributed by atoms with E-state index in [-0.39, 0.29) is 5.97 Å². The number of hydrogen-bond acceptors (Lipinski definition) is 3. The molecule has 0 amide bonds. The van der Waals surface area contributed by atoms with E-state index in [1.807, 2.05) is 0 Å². The second-order valence-electron chi connectivity index (χ2n) is 2.26. The van der Waals surface area contributed by atoms with E-state index in [0.717, 1.165) is 0 Å². The van der Waals surface area contributed by atoms with Crippen LogP contribution >= 0.6 is 0 Å². The van der Waals surface area contributed by atoms with Crippen LogP contribution < -0.4 is 10.5 Å². The van der Waals surface area contributed by atoms with Crippen LogP contribution in [-0.2, 0) is 4.79 Å². The lowest BCUT2D eigenvalue weighted by Crippen LogP contribution is -2.51. The molecule has 1 aromatic rings. The highest BCUT2D eigenvalue weighted by molar-refractivity contribution is 5.72. The van der Waals surface area contributed by atoms with Crippen LogP contribution in [0.15, 0.2) is 24.5 Å². The van der Waals surface area contributed by atoms with Crippen molar-refractivity contribution in [2.45, 2.75) is 6.42 Å². The van der Waals surface area contributed by atoms with Crippen LogP contribution in [0, 0.1) is 0 Å². The van der Waals surface area contributed by atoms with Crippen LogP contribution in [0.4, 0.5) is 0 Å². The Balaban J connectivity index is 2.47. The minimum atomic E-state index is -0.254. The van der Waals surface area contributed by atoms with Crippen LogP contribution in [0.5, 0.6) is 5.75 Å². The maximum absolute atomic E-state index is 10.9. The third-order valence-corrected chi connectivity index (χ3v) is 1.26. The third-order valence-electron chi connectivity index (χ3n) is 1.26. The summed E-state index contributed by atoms with van der Waals surface area (Å²) in [5, 5.41) is 0. The molecule has 0 spiro atoms. The first-order valence-corrected chi connectivity index (χ1v) is 3.73. The van der Waals surface area contributed by atoms with Crippen LogP contribution in [-0.4, -0.2) is 17.5 Å². The van der Waals surface area contributed by atoms with Crippen molar-refractivity contribution in [2.75, 3.05) is 6.54 Å². The number of nitrogens with zero attached hydrogens (tertiary/aromatic N) is 1. The molecule has 0 aliphatic rings. The predicted molar refractivity (Wildman–Crippen MR) is 42.2 cm³/mol. The minimum absolute atomic E-state index is 0.254. The third kappa shape index (κ3) is 2.67. The van der Waals surface area contributed by atoms with Crippen LogP contribution in [0.1, 0.15) is 6.42 Å². The van der Waals surface area contributed by atoms with Crippen molar-refractivity contribution in [1.82, 2.24) is 4.98 Å². The van der Waals surface area contributed by atoms with Gasteiger partial charge in [0.25, 0.3) is 0 Å². The highest BCUT2D eigenvalue weighted by Gasteiger charge is 2.02. The van der Waals surface area contributed by atoms with Gasteiger partial charge in [-0.1, -0.05) is 0 Å². The largest absolute Gasteiger partial charge is 0.426 e. The highest BCUT2D eigenvalue weighted by Crippen LogP contribution is 2.06. The summed E-state index contributed by atoms with van der Waals surface area (Å²) in [7, 11) is 0. The number of hydrogen-bond donors (Lipinski definition) is 1. The molecule has 0 aliphatic carbocycles. The van der Waals surface area contributed by atoms with Gasteiger partial charge in [0.1, 0.15) is 5.75 Å². The Labute approximate surface area is 70.4 Å². The summed E-state index contributed by atoms with van der Waals surface area (Å²) in [5.74, 6) is 0.277. The smallest absolute Gasteiger partial charge is 0.316 e. The van der Waals surface area contributed by atoms with Crippen molar-refractivity contribution in [1.29, 1.82) is 0 Å². The van der Waals surface area contributed by atoms with Gasteiger partial charge in [0.2, 0.25) is 0 Å². The molecule has 1 aromatic heterocycles. The first kappa shape index (κ1) is 8.67. The van der Waals surface area contributed by atoms with E-state index in [4.69, 9.17) is 4.74 Å². The lowest BCUT2D eigenvalue weighted by atomic mass is 10.4. The topological polar surface area (TPSA) is 66.8 Å². The average Bonchev–Trinajstić information content (AvgIpc) is 2.06. The van der Waals surface area contributed by atoms with Gasteiger partial charge in [-0.2, -0.15) is 0 Å². The molecule has 1 rings (SSSR count). The average molecular weight is 167 g/mol. The van der Waals surface area contributed by atoms with Crippen molar-refractivity contribution >= 4 is 5.97 Å². The Morgan fingerprint density at radius 3 is 2.75 bits per heavy atom. The van der Waals surface area contributed by atoms with E-state index in [1.165, 1.54) is 0 Å². The summed E-state index contributed by atoms with van der Waals surface area (Å²) >= 11 is 0. The van der Waals surface area contributed by atoms with Crippen molar-refractivity contribution in [3.05, 3.63) is 24.5 Å².